The minimum atomic E-state index is -0.0949. The van der Waals surface area contributed by atoms with E-state index in [4.69, 9.17) is 10.6 Å². The predicted molar refractivity (Wildman–Crippen MR) is 87.0 cm³/mol. The van der Waals surface area contributed by atoms with Gasteiger partial charge in [-0.1, -0.05) is 13.8 Å². The number of nitrogens with two attached hydrogens (primary N) is 1. The van der Waals surface area contributed by atoms with E-state index in [2.05, 4.69) is 40.2 Å². The molecule has 1 amide bonds. The fraction of sp³-hybridized carbons (Fsp3) is 0.571. The summed E-state index contributed by atoms with van der Waals surface area (Å²) in [5.74, 6) is 5.73. The molecule has 0 saturated heterocycles. The fourth-order valence-corrected chi connectivity index (χ4v) is 2.57. The van der Waals surface area contributed by atoms with Crippen molar-refractivity contribution in [3.05, 3.63) is 22.3 Å². The van der Waals surface area contributed by atoms with Crippen LogP contribution in [0.15, 0.2) is 16.7 Å². The zero-order valence-electron chi connectivity index (χ0n) is 12.7. The van der Waals surface area contributed by atoms with Crippen LogP contribution < -0.4 is 11.3 Å². The molecule has 0 saturated carbocycles. The highest BCUT2D eigenvalue weighted by Crippen LogP contribution is 2.21. The molecule has 0 spiro atoms. The smallest absolute Gasteiger partial charge is 0.258 e. The molecule has 0 aliphatic rings. The summed E-state index contributed by atoms with van der Waals surface area (Å²) in [5.41, 5.74) is 2.93. The third kappa shape index (κ3) is 4.66. The van der Waals surface area contributed by atoms with Gasteiger partial charge < -0.3 is 15.1 Å². The van der Waals surface area contributed by atoms with Gasteiger partial charge in [0.1, 0.15) is 0 Å². The van der Waals surface area contributed by atoms with Crippen molar-refractivity contribution in [2.45, 2.75) is 32.7 Å². The van der Waals surface area contributed by atoms with Crippen LogP contribution in [0.4, 0.5) is 5.82 Å². The Morgan fingerprint density at radius 2 is 2.19 bits per heavy atom. The number of hydrogen-bond donors (Lipinski definition) is 2. The van der Waals surface area contributed by atoms with Gasteiger partial charge in [-0.05, 0) is 34.8 Å². The van der Waals surface area contributed by atoms with Crippen LogP contribution in [0.25, 0.3) is 0 Å². The van der Waals surface area contributed by atoms with Crippen molar-refractivity contribution in [2.24, 2.45) is 5.84 Å². The Bertz CT molecular complexity index is 466. The minimum Gasteiger partial charge on any atom is -0.383 e. The maximum absolute atomic E-state index is 12.9. The number of ether oxygens (including phenoxy) is 1. The number of carbonyl (C=O) groups is 1. The lowest BCUT2D eigenvalue weighted by molar-refractivity contribution is 0.0590. The first-order valence-corrected chi connectivity index (χ1v) is 7.80. The first kappa shape index (κ1) is 17.9. The number of rotatable bonds is 8. The summed E-state index contributed by atoms with van der Waals surface area (Å²) in [5, 5.41) is 0. The second-order valence-corrected chi connectivity index (χ2v) is 5.57. The quantitative estimate of drug-likeness (QED) is 0.550. The average Bonchev–Trinajstić information content (AvgIpc) is 2.50. The van der Waals surface area contributed by atoms with Crippen LogP contribution >= 0.6 is 15.9 Å². The van der Waals surface area contributed by atoms with E-state index in [0.717, 1.165) is 17.3 Å². The second kappa shape index (κ2) is 8.96. The van der Waals surface area contributed by atoms with E-state index in [0.29, 0.717) is 24.5 Å². The zero-order valence-corrected chi connectivity index (χ0v) is 14.3. The van der Waals surface area contributed by atoms with Crippen LogP contribution in [0.1, 0.15) is 37.0 Å². The van der Waals surface area contributed by atoms with Crippen molar-refractivity contribution in [1.82, 2.24) is 9.88 Å². The molecule has 1 heterocycles. The highest BCUT2D eigenvalue weighted by molar-refractivity contribution is 9.10. The van der Waals surface area contributed by atoms with Gasteiger partial charge in [0.05, 0.1) is 12.2 Å². The summed E-state index contributed by atoms with van der Waals surface area (Å²) in [6, 6.07) is 1.89. The predicted octanol–water partition coefficient (Wildman–Crippen LogP) is 2.41. The van der Waals surface area contributed by atoms with Crippen LogP contribution in [-0.4, -0.2) is 42.1 Å². The number of pyridine rings is 1. The number of methoxy groups -OCH3 is 1. The Balaban J connectivity index is 3.11. The standard InChI is InChI=1S/C14H23BrN4O2/c1-4-11(5-2)19(6-7-21-3)14(20)12-8-10(15)9-17-13(12)18-16/h8-9,11H,4-7,16H2,1-3H3,(H,17,18). The molecule has 0 aliphatic carbocycles. The molecular formula is C14H23BrN4O2. The van der Waals surface area contributed by atoms with Gasteiger partial charge in [-0.2, -0.15) is 0 Å². The summed E-state index contributed by atoms with van der Waals surface area (Å²) >= 11 is 3.34. The summed E-state index contributed by atoms with van der Waals surface area (Å²) in [7, 11) is 1.63. The Hall–Kier alpha value is -1.18. The van der Waals surface area contributed by atoms with Crippen LogP contribution in [0, 0.1) is 0 Å². The lowest BCUT2D eigenvalue weighted by Gasteiger charge is -2.31. The van der Waals surface area contributed by atoms with E-state index in [-0.39, 0.29) is 11.9 Å². The number of halogens is 1. The Kier molecular flexibility index (Phi) is 7.63. The summed E-state index contributed by atoms with van der Waals surface area (Å²) in [6.07, 6.45) is 3.38. The SMILES string of the molecule is CCC(CC)N(CCOC)C(=O)c1cc(Br)cnc1NN. The van der Waals surface area contributed by atoms with Crippen molar-refractivity contribution in [3.63, 3.8) is 0 Å². The van der Waals surface area contributed by atoms with Gasteiger partial charge in [0.2, 0.25) is 0 Å². The number of nitrogen functional groups attached to an aromatic ring is 1. The molecule has 0 bridgehead atoms. The Labute approximate surface area is 134 Å². The molecule has 0 aliphatic heterocycles. The Morgan fingerprint density at radius 3 is 2.71 bits per heavy atom. The molecule has 0 atom stereocenters. The van der Waals surface area contributed by atoms with E-state index in [1.54, 1.807) is 19.4 Å². The molecule has 6 nitrogen and oxygen atoms in total. The van der Waals surface area contributed by atoms with E-state index < -0.39 is 0 Å². The number of hydrogen-bond acceptors (Lipinski definition) is 5. The lowest BCUT2D eigenvalue weighted by atomic mass is 10.1. The number of nitrogens with zero attached hydrogens (tertiary/aromatic N) is 2. The summed E-state index contributed by atoms with van der Waals surface area (Å²) in [4.78, 5) is 18.8. The molecule has 0 unspecified atom stereocenters. The third-order valence-electron chi connectivity index (χ3n) is 3.40. The van der Waals surface area contributed by atoms with Crippen molar-refractivity contribution in [2.75, 3.05) is 25.7 Å². The molecular weight excluding hydrogens is 336 g/mol. The van der Waals surface area contributed by atoms with Gasteiger partial charge in [0, 0.05) is 30.4 Å². The molecule has 0 radical (unpaired) electrons. The molecule has 21 heavy (non-hydrogen) atoms. The highest BCUT2D eigenvalue weighted by Gasteiger charge is 2.24. The maximum atomic E-state index is 12.9. The highest BCUT2D eigenvalue weighted by atomic mass is 79.9. The lowest BCUT2D eigenvalue weighted by Crippen LogP contribution is -2.42. The van der Waals surface area contributed by atoms with E-state index >= 15 is 0 Å². The van der Waals surface area contributed by atoms with Crippen LogP contribution in [-0.2, 0) is 4.74 Å². The molecule has 7 heteroatoms. The molecule has 1 aromatic heterocycles. The van der Waals surface area contributed by atoms with Crippen molar-refractivity contribution >= 4 is 27.7 Å². The monoisotopic (exact) mass is 358 g/mol. The third-order valence-corrected chi connectivity index (χ3v) is 3.84. The zero-order chi connectivity index (χ0) is 15.8. The van der Waals surface area contributed by atoms with Crippen molar-refractivity contribution in [1.29, 1.82) is 0 Å². The number of aromatic nitrogens is 1. The van der Waals surface area contributed by atoms with Gasteiger partial charge in [-0.15, -0.1) is 0 Å². The number of nitrogens with one attached hydrogen (secondary N) is 1. The molecule has 1 rings (SSSR count). The van der Waals surface area contributed by atoms with E-state index in [9.17, 15) is 4.79 Å². The van der Waals surface area contributed by atoms with Crippen molar-refractivity contribution in [3.8, 4) is 0 Å². The van der Waals surface area contributed by atoms with Crippen LogP contribution in [0.3, 0.4) is 0 Å². The molecule has 0 fully saturated rings. The van der Waals surface area contributed by atoms with Gasteiger partial charge in [0.25, 0.3) is 5.91 Å². The van der Waals surface area contributed by atoms with Gasteiger partial charge >= 0.3 is 0 Å². The number of hydrazine groups is 1. The van der Waals surface area contributed by atoms with Crippen LogP contribution in [0.2, 0.25) is 0 Å². The molecule has 118 valence electrons. The topological polar surface area (TPSA) is 80.5 Å². The number of amides is 1. The number of carbonyl (C=O) groups excluding carboxylic acids is 1. The molecule has 1 aromatic rings. The normalized spacial score (nSPS) is 10.8. The first-order valence-electron chi connectivity index (χ1n) is 7.01. The number of anilines is 1. The van der Waals surface area contributed by atoms with Gasteiger partial charge in [-0.3, -0.25) is 4.79 Å². The fourth-order valence-electron chi connectivity index (χ4n) is 2.24. The summed E-state index contributed by atoms with van der Waals surface area (Å²) in [6.45, 7) is 5.18. The van der Waals surface area contributed by atoms with Gasteiger partial charge in [0.15, 0.2) is 5.82 Å². The second-order valence-electron chi connectivity index (χ2n) is 4.66. The van der Waals surface area contributed by atoms with Crippen LogP contribution in [0.5, 0.6) is 0 Å². The largest absolute Gasteiger partial charge is 0.383 e. The molecule has 0 aromatic carbocycles. The van der Waals surface area contributed by atoms with E-state index in [1.165, 1.54) is 0 Å². The average molecular weight is 359 g/mol. The van der Waals surface area contributed by atoms with Crippen molar-refractivity contribution < 1.29 is 9.53 Å². The molecule has 3 N–H and O–H groups in total. The minimum absolute atomic E-state index is 0.0949. The summed E-state index contributed by atoms with van der Waals surface area (Å²) < 4.78 is 5.86. The maximum Gasteiger partial charge on any atom is 0.258 e. The Morgan fingerprint density at radius 1 is 1.52 bits per heavy atom. The van der Waals surface area contributed by atoms with E-state index in [1.807, 2.05) is 4.90 Å². The van der Waals surface area contributed by atoms with Gasteiger partial charge in [-0.25, -0.2) is 10.8 Å². The first-order chi connectivity index (χ1) is 10.1.